The molecule has 0 spiro atoms. The van der Waals surface area contributed by atoms with Crippen LogP contribution in [0.5, 0.6) is 17.5 Å². The zero-order valence-electron chi connectivity index (χ0n) is 24.4. The molecule has 14 nitrogen and oxygen atoms in total. The van der Waals surface area contributed by atoms with Gasteiger partial charge in [-0.25, -0.2) is 23.5 Å². The van der Waals surface area contributed by atoms with Crippen LogP contribution in [0.15, 0.2) is 36.8 Å². The lowest BCUT2D eigenvalue weighted by molar-refractivity contribution is 0.0491. The number of rotatable bonds is 5. The molecule has 7 rings (SSSR count). The SMILES string of the molecule is CNC(=O)Oc1cc(F)cc2c1[nH]c1nc(Oc3cnc4ccnn4c3)nc(N3C[C@H]4C[C@@H]3C[C@H]4NC(=O)OC(C)(C)C)c12. The van der Waals surface area contributed by atoms with E-state index in [0.717, 1.165) is 12.5 Å². The zero-order valence-corrected chi connectivity index (χ0v) is 24.4. The molecule has 5 heterocycles. The fourth-order valence-electron chi connectivity index (χ4n) is 6.08. The number of halogens is 1. The molecule has 2 aliphatic rings. The molecule has 3 N–H and O–H groups in total. The Bertz CT molecular complexity index is 1930. The predicted octanol–water partition coefficient (Wildman–Crippen LogP) is 4.30. The fourth-order valence-corrected chi connectivity index (χ4v) is 6.08. The number of piperidine rings is 1. The topological polar surface area (TPSA) is 161 Å². The Balaban J connectivity index is 1.28. The molecule has 15 heteroatoms. The number of benzene rings is 1. The number of H-pyrrole nitrogens is 1. The van der Waals surface area contributed by atoms with Gasteiger partial charge in [0, 0.05) is 43.2 Å². The number of alkyl carbamates (subject to hydrolysis) is 1. The Kier molecular flexibility index (Phi) is 6.41. The number of aromatic amines is 1. The molecule has 1 aromatic carbocycles. The van der Waals surface area contributed by atoms with Crippen LogP contribution in [0.1, 0.15) is 33.6 Å². The van der Waals surface area contributed by atoms with Gasteiger partial charge in [0.25, 0.3) is 0 Å². The van der Waals surface area contributed by atoms with Crippen molar-refractivity contribution in [2.24, 2.45) is 5.92 Å². The van der Waals surface area contributed by atoms with Crippen LogP contribution in [-0.4, -0.2) is 73.0 Å². The standard InChI is InChI=1S/C29H30FN9O5/c1-29(2,3)44-28(41)34-19-10-16-7-14(19)12-38(16)25-22-18-8-15(30)9-20(43-27(40)31-4)23(18)35-24(22)36-26(37-25)42-17-11-32-21-5-6-33-39(21)13-17/h5-6,8-9,11,13-14,16,19H,7,10,12H2,1-4H3,(H,31,40)(H,34,41)(H,35,36,37)/t14-,16-,19-/m1/s1. The molecule has 1 saturated carbocycles. The van der Waals surface area contributed by atoms with E-state index in [1.165, 1.54) is 13.1 Å². The van der Waals surface area contributed by atoms with Crippen LogP contribution in [0.2, 0.25) is 0 Å². The highest BCUT2D eigenvalue weighted by Gasteiger charge is 2.47. The molecule has 2 bridgehead atoms. The summed E-state index contributed by atoms with van der Waals surface area (Å²) in [5.41, 5.74) is 0.801. The van der Waals surface area contributed by atoms with E-state index in [2.05, 4.69) is 35.6 Å². The molecule has 2 amide bonds. The number of hydrogen-bond acceptors (Lipinski definition) is 10. The summed E-state index contributed by atoms with van der Waals surface area (Å²) in [6.07, 6.45) is 5.15. The van der Waals surface area contributed by atoms with E-state index in [1.54, 1.807) is 29.2 Å². The minimum Gasteiger partial charge on any atom is -0.444 e. The number of amides is 2. The van der Waals surface area contributed by atoms with E-state index in [1.807, 2.05) is 20.8 Å². The van der Waals surface area contributed by atoms with Crippen molar-refractivity contribution in [3.63, 3.8) is 0 Å². The van der Waals surface area contributed by atoms with Crippen molar-refractivity contribution in [2.75, 3.05) is 18.5 Å². The summed E-state index contributed by atoms with van der Waals surface area (Å²) in [4.78, 5) is 43.6. The third-order valence-electron chi connectivity index (χ3n) is 7.80. The first-order chi connectivity index (χ1) is 21.0. The minimum atomic E-state index is -0.743. The molecule has 1 aliphatic carbocycles. The molecule has 5 aromatic rings. The quantitative estimate of drug-likeness (QED) is 0.264. The van der Waals surface area contributed by atoms with Gasteiger partial charge < -0.3 is 34.7 Å². The number of fused-ring (bicyclic) bond motifs is 6. The van der Waals surface area contributed by atoms with Crippen LogP contribution in [0, 0.1) is 11.7 Å². The van der Waals surface area contributed by atoms with Gasteiger partial charge in [0.15, 0.2) is 17.1 Å². The first-order valence-electron chi connectivity index (χ1n) is 14.2. The molecule has 2 fully saturated rings. The van der Waals surface area contributed by atoms with Gasteiger partial charge in [-0.2, -0.15) is 15.1 Å². The Morgan fingerprint density at radius 3 is 2.75 bits per heavy atom. The minimum absolute atomic E-state index is 0.00340. The molecule has 228 valence electrons. The molecule has 3 atom stereocenters. The Labute approximate surface area is 249 Å². The van der Waals surface area contributed by atoms with Crippen LogP contribution in [-0.2, 0) is 4.74 Å². The zero-order chi connectivity index (χ0) is 30.7. The summed E-state index contributed by atoms with van der Waals surface area (Å²) < 4.78 is 33.4. The lowest BCUT2D eigenvalue weighted by atomic mass is 10.0. The van der Waals surface area contributed by atoms with Gasteiger partial charge in [-0.3, -0.25) is 0 Å². The predicted molar refractivity (Wildman–Crippen MR) is 157 cm³/mol. The van der Waals surface area contributed by atoms with Gasteiger partial charge >= 0.3 is 18.2 Å². The average Bonchev–Trinajstić information content (AvgIpc) is 3.74. The van der Waals surface area contributed by atoms with Crippen LogP contribution in [0.3, 0.4) is 0 Å². The fraction of sp³-hybridized carbons (Fsp3) is 0.379. The highest BCUT2D eigenvalue weighted by molar-refractivity contribution is 6.13. The van der Waals surface area contributed by atoms with Crippen molar-refractivity contribution in [3.05, 3.63) is 42.6 Å². The van der Waals surface area contributed by atoms with Gasteiger partial charge in [0.1, 0.15) is 22.9 Å². The lowest BCUT2D eigenvalue weighted by Gasteiger charge is -2.33. The van der Waals surface area contributed by atoms with Crippen molar-refractivity contribution in [1.82, 2.24) is 40.2 Å². The molecule has 0 radical (unpaired) electrons. The van der Waals surface area contributed by atoms with Crippen LogP contribution in [0.25, 0.3) is 27.6 Å². The third-order valence-corrected chi connectivity index (χ3v) is 7.80. The normalized spacial score (nSPS) is 19.6. The van der Waals surface area contributed by atoms with Gasteiger partial charge in [-0.1, -0.05) is 0 Å². The second-order valence-electron chi connectivity index (χ2n) is 12.0. The average molecular weight is 604 g/mol. The number of carbonyl (C=O) groups excluding carboxylic acids is 2. The van der Waals surface area contributed by atoms with Crippen molar-refractivity contribution >= 4 is 45.6 Å². The Morgan fingerprint density at radius 1 is 1.16 bits per heavy atom. The number of nitrogens with one attached hydrogen (secondary N) is 3. The molecular formula is C29H30FN9O5. The Morgan fingerprint density at radius 2 is 2.00 bits per heavy atom. The van der Waals surface area contributed by atoms with E-state index >= 15 is 0 Å². The van der Waals surface area contributed by atoms with Gasteiger partial charge in [-0.05, 0) is 45.6 Å². The van der Waals surface area contributed by atoms with Gasteiger partial charge in [-0.15, -0.1) is 0 Å². The second kappa shape index (κ2) is 10.2. The van der Waals surface area contributed by atoms with Gasteiger partial charge in [0.2, 0.25) is 0 Å². The van der Waals surface area contributed by atoms with E-state index in [0.29, 0.717) is 52.1 Å². The summed E-state index contributed by atoms with van der Waals surface area (Å²) in [5.74, 6) is 0.448. The number of nitrogens with zero attached hydrogens (tertiary/aromatic N) is 6. The first-order valence-corrected chi connectivity index (χ1v) is 14.2. The summed E-state index contributed by atoms with van der Waals surface area (Å²) in [6.45, 7) is 6.06. The first kappa shape index (κ1) is 27.6. The maximum absolute atomic E-state index is 14.9. The third kappa shape index (κ3) is 5.03. The molecule has 0 unspecified atom stereocenters. The summed E-state index contributed by atoms with van der Waals surface area (Å²) in [5, 5.41) is 10.6. The lowest BCUT2D eigenvalue weighted by Crippen LogP contribution is -2.47. The van der Waals surface area contributed by atoms with Crippen molar-refractivity contribution in [1.29, 1.82) is 0 Å². The molecule has 1 aliphatic heterocycles. The summed E-state index contributed by atoms with van der Waals surface area (Å²) >= 11 is 0. The van der Waals surface area contributed by atoms with E-state index in [9.17, 15) is 14.0 Å². The van der Waals surface area contributed by atoms with Crippen LogP contribution >= 0.6 is 0 Å². The van der Waals surface area contributed by atoms with Crippen molar-refractivity contribution in [2.45, 2.75) is 51.3 Å². The van der Waals surface area contributed by atoms with E-state index in [-0.39, 0.29) is 29.8 Å². The van der Waals surface area contributed by atoms with Crippen LogP contribution < -0.4 is 25.0 Å². The monoisotopic (exact) mass is 603 g/mol. The maximum atomic E-state index is 14.9. The van der Waals surface area contributed by atoms with E-state index < -0.39 is 23.6 Å². The molecule has 1 saturated heterocycles. The number of carbonyl (C=O) groups is 2. The Hall–Kier alpha value is -5.21. The van der Waals surface area contributed by atoms with Crippen molar-refractivity contribution < 1.29 is 28.2 Å². The molecule has 44 heavy (non-hydrogen) atoms. The number of aromatic nitrogens is 6. The molecular weight excluding hydrogens is 573 g/mol. The van der Waals surface area contributed by atoms with Gasteiger partial charge in [0.05, 0.1) is 29.5 Å². The number of anilines is 1. The smallest absolute Gasteiger partial charge is 0.412 e. The molecule has 4 aromatic heterocycles. The summed E-state index contributed by atoms with van der Waals surface area (Å²) in [6, 6.07) is 4.27. The van der Waals surface area contributed by atoms with Crippen LogP contribution in [0.4, 0.5) is 19.8 Å². The van der Waals surface area contributed by atoms with E-state index in [4.69, 9.17) is 19.2 Å². The number of ether oxygens (including phenoxy) is 3. The number of hydrogen-bond donors (Lipinski definition) is 3. The highest BCUT2D eigenvalue weighted by atomic mass is 19.1. The maximum Gasteiger partial charge on any atom is 0.412 e. The summed E-state index contributed by atoms with van der Waals surface area (Å²) in [7, 11) is 1.42. The second-order valence-corrected chi connectivity index (χ2v) is 12.0. The largest absolute Gasteiger partial charge is 0.444 e. The highest BCUT2D eigenvalue weighted by Crippen LogP contribution is 2.45. The van der Waals surface area contributed by atoms with Crippen molar-refractivity contribution in [3.8, 4) is 17.5 Å².